The van der Waals surface area contributed by atoms with E-state index < -0.39 is 0 Å². The SMILES string of the molecule is CC(=CCOc1ccc2c(c1)OCO2)CBr. The molecule has 1 aromatic carbocycles. The Hall–Kier alpha value is -1.16. The molecule has 0 atom stereocenters. The average Bonchev–Trinajstić information content (AvgIpc) is 2.76. The molecule has 0 spiro atoms. The molecule has 1 aromatic rings. The van der Waals surface area contributed by atoms with Crippen molar-refractivity contribution in [2.24, 2.45) is 0 Å². The van der Waals surface area contributed by atoms with Crippen molar-refractivity contribution in [3.05, 3.63) is 29.8 Å². The molecule has 1 aliphatic heterocycles. The van der Waals surface area contributed by atoms with Gasteiger partial charge in [0.1, 0.15) is 12.4 Å². The van der Waals surface area contributed by atoms with E-state index in [2.05, 4.69) is 22.9 Å². The summed E-state index contributed by atoms with van der Waals surface area (Å²) in [6, 6.07) is 5.59. The summed E-state index contributed by atoms with van der Waals surface area (Å²) >= 11 is 3.38. The zero-order chi connectivity index (χ0) is 11.4. The van der Waals surface area contributed by atoms with Crippen molar-refractivity contribution in [3.63, 3.8) is 0 Å². The van der Waals surface area contributed by atoms with E-state index in [4.69, 9.17) is 14.2 Å². The van der Waals surface area contributed by atoms with Crippen molar-refractivity contribution in [1.82, 2.24) is 0 Å². The van der Waals surface area contributed by atoms with Gasteiger partial charge in [-0.05, 0) is 25.1 Å². The zero-order valence-corrected chi connectivity index (χ0v) is 10.6. The number of alkyl halides is 1. The summed E-state index contributed by atoms with van der Waals surface area (Å²) in [6.07, 6.45) is 2.04. The van der Waals surface area contributed by atoms with Crippen LogP contribution in [0.1, 0.15) is 6.92 Å². The molecule has 0 bridgehead atoms. The lowest BCUT2D eigenvalue weighted by atomic mass is 10.3. The quantitative estimate of drug-likeness (QED) is 0.628. The third-order valence-electron chi connectivity index (χ3n) is 2.24. The van der Waals surface area contributed by atoms with Gasteiger partial charge in [0.25, 0.3) is 0 Å². The number of halogens is 1. The summed E-state index contributed by atoms with van der Waals surface area (Å²) in [4.78, 5) is 0. The molecule has 4 heteroatoms. The van der Waals surface area contributed by atoms with Crippen molar-refractivity contribution in [2.75, 3.05) is 18.7 Å². The second-order valence-corrected chi connectivity index (χ2v) is 4.07. The van der Waals surface area contributed by atoms with Gasteiger partial charge in [-0.15, -0.1) is 0 Å². The standard InChI is InChI=1S/C12H13BrO3/c1-9(7-13)4-5-14-10-2-3-11-12(6-10)16-8-15-11/h2-4,6H,5,7-8H2,1H3. The maximum absolute atomic E-state index is 5.57. The fraction of sp³-hybridized carbons (Fsp3) is 0.333. The molecule has 86 valence electrons. The van der Waals surface area contributed by atoms with Gasteiger partial charge in [0, 0.05) is 11.4 Å². The molecule has 16 heavy (non-hydrogen) atoms. The van der Waals surface area contributed by atoms with Crippen LogP contribution in [0.4, 0.5) is 0 Å². The fourth-order valence-corrected chi connectivity index (χ4v) is 1.53. The Labute approximate surface area is 103 Å². The zero-order valence-electron chi connectivity index (χ0n) is 9.03. The van der Waals surface area contributed by atoms with Crippen molar-refractivity contribution >= 4 is 15.9 Å². The van der Waals surface area contributed by atoms with E-state index in [0.29, 0.717) is 13.4 Å². The monoisotopic (exact) mass is 284 g/mol. The Kier molecular flexibility index (Phi) is 3.72. The van der Waals surface area contributed by atoms with Crippen LogP contribution in [0.15, 0.2) is 29.8 Å². The minimum atomic E-state index is 0.293. The van der Waals surface area contributed by atoms with Crippen molar-refractivity contribution in [2.45, 2.75) is 6.92 Å². The Morgan fingerprint density at radius 2 is 2.25 bits per heavy atom. The van der Waals surface area contributed by atoms with Gasteiger partial charge in [-0.25, -0.2) is 0 Å². The maximum Gasteiger partial charge on any atom is 0.231 e. The third-order valence-corrected chi connectivity index (χ3v) is 3.12. The van der Waals surface area contributed by atoms with E-state index >= 15 is 0 Å². The summed E-state index contributed by atoms with van der Waals surface area (Å²) in [5, 5.41) is 0.873. The van der Waals surface area contributed by atoms with Gasteiger partial charge < -0.3 is 14.2 Å². The molecule has 0 fully saturated rings. The first kappa shape index (κ1) is 11.3. The van der Waals surface area contributed by atoms with E-state index in [1.54, 1.807) is 0 Å². The molecular formula is C12H13BrO3. The fourth-order valence-electron chi connectivity index (χ4n) is 1.30. The average molecular weight is 285 g/mol. The van der Waals surface area contributed by atoms with Crippen LogP contribution >= 0.6 is 15.9 Å². The number of hydrogen-bond acceptors (Lipinski definition) is 3. The lowest BCUT2D eigenvalue weighted by Crippen LogP contribution is -1.95. The highest BCUT2D eigenvalue weighted by atomic mass is 79.9. The molecule has 1 aliphatic rings. The second-order valence-electron chi connectivity index (χ2n) is 3.51. The normalized spacial score (nSPS) is 14.0. The lowest BCUT2D eigenvalue weighted by molar-refractivity contribution is 0.174. The Bertz CT molecular complexity index is 401. The first-order valence-electron chi connectivity index (χ1n) is 5.03. The molecule has 3 nitrogen and oxygen atoms in total. The molecule has 2 rings (SSSR count). The van der Waals surface area contributed by atoms with Crippen LogP contribution in [0.5, 0.6) is 17.2 Å². The van der Waals surface area contributed by atoms with Gasteiger partial charge >= 0.3 is 0 Å². The molecule has 0 N–H and O–H groups in total. The lowest BCUT2D eigenvalue weighted by Gasteiger charge is -2.04. The van der Waals surface area contributed by atoms with Crippen molar-refractivity contribution in [1.29, 1.82) is 0 Å². The van der Waals surface area contributed by atoms with Gasteiger partial charge in [0.15, 0.2) is 11.5 Å². The van der Waals surface area contributed by atoms with Crippen LogP contribution in [0.2, 0.25) is 0 Å². The highest BCUT2D eigenvalue weighted by Gasteiger charge is 2.13. The van der Waals surface area contributed by atoms with Crippen LogP contribution in [0.25, 0.3) is 0 Å². The predicted molar refractivity (Wildman–Crippen MR) is 65.6 cm³/mol. The first-order valence-corrected chi connectivity index (χ1v) is 6.16. The molecule has 0 radical (unpaired) electrons. The summed E-state index contributed by atoms with van der Waals surface area (Å²) in [5.41, 5.74) is 1.25. The Morgan fingerprint density at radius 1 is 1.44 bits per heavy atom. The van der Waals surface area contributed by atoms with E-state index in [-0.39, 0.29) is 0 Å². The van der Waals surface area contributed by atoms with Gasteiger partial charge in [-0.2, -0.15) is 0 Å². The summed E-state index contributed by atoms with van der Waals surface area (Å²) < 4.78 is 16.1. The summed E-state index contributed by atoms with van der Waals surface area (Å²) in [7, 11) is 0. The molecular weight excluding hydrogens is 272 g/mol. The largest absolute Gasteiger partial charge is 0.489 e. The topological polar surface area (TPSA) is 27.7 Å². The molecule has 0 saturated carbocycles. The molecule has 0 unspecified atom stereocenters. The van der Waals surface area contributed by atoms with Gasteiger partial charge in [0.05, 0.1) is 0 Å². The number of allylic oxidation sites excluding steroid dienone is 1. The Morgan fingerprint density at radius 3 is 3.06 bits per heavy atom. The van der Waals surface area contributed by atoms with Crippen LogP contribution in [0.3, 0.4) is 0 Å². The second kappa shape index (κ2) is 5.25. The van der Waals surface area contributed by atoms with Crippen molar-refractivity contribution in [3.8, 4) is 17.2 Å². The molecule has 0 amide bonds. The number of rotatable bonds is 4. The predicted octanol–water partition coefficient (Wildman–Crippen LogP) is 3.14. The minimum Gasteiger partial charge on any atom is -0.489 e. The van der Waals surface area contributed by atoms with Crippen LogP contribution in [-0.2, 0) is 0 Å². The summed E-state index contributed by atoms with van der Waals surface area (Å²) in [6.45, 7) is 2.91. The number of hydrogen-bond donors (Lipinski definition) is 0. The van der Waals surface area contributed by atoms with E-state index in [1.807, 2.05) is 24.3 Å². The van der Waals surface area contributed by atoms with E-state index in [0.717, 1.165) is 22.6 Å². The molecule has 1 heterocycles. The van der Waals surface area contributed by atoms with Gasteiger partial charge in [0.2, 0.25) is 6.79 Å². The smallest absolute Gasteiger partial charge is 0.231 e. The number of fused-ring (bicyclic) bond motifs is 1. The van der Waals surface area contributed by atoms with Crippen LogP contribution in [-0.4, -0.2) is 18.7 Å². The Balaban J connectivity index is 1.95. The van der Waals surface area contributed by atoms with E-state index in [9.17, 15) is 0 Å². The van der Waals surface area contributed by atoms with Gasteiger partial charge in [-0.3, -0.25) is 0 Å². The molecule has 0 aliphatic carbocycles. The minimum absolute atomic E-state index is 0.293. The number of benzene rings is 1. The van der Waals surface area contributed by atoms with Crippen LogP contribution < -0.4 is 14.2 Å². The van der Waals surface area contributed by atoms with Gasteiger partial charge in [-0.1, -0.05) is 21.5 Å². The molecule has 0 aromatic heterocycles. The summed E-state index contributed by atoms with van der Waals surface area (Å²) in [5.74, 6) is 2.32. The number of ether oxygens (including phenoxy) is 3. The highest BCUT2D eigenvalue weighted by Crippen LogP contribution is 2.34. The van der Waals surface area contributed by atoms with E-state index in [1.165, 1.54) is 5.57 Å². The third kappa shape index (κ3) is 2.70. The molecule has 0 saturated heterocycles. The highest BCUT2D eigenvalue weighted by molar-refractivity contribution is 9.09. The maximum atomic E-state index is 5.57. The van der Waals surface area contributed by atoms with Crippen molar-refractivity contribution < 1.29 is 14.2 Å². The first-order chi connectivity index (χ1) is 7.79. The van der Waals surface area contributed by atoms with Crippen LogP contribution in [0, 0.1) is 0 Å².